The zero-order chi connectivity index (χ0) is 19.3. The molecule has 0 aliphatic rings. The van der Waals surface area contributed by atoms with Crippen LogP contribution in [0.2, 0.25) is 5.02 Å². The van der Waals surface area contributed by atoms with Crippen LogP contribution in [0.25, 0.3) is 0 Å². The number of hydrogen-bond donors (Lipinski definition) is 2. The first kappa shape index (κ1) is 19.5. The number of aromatic nitrogens is 1. The summed E-state index contributed by atoms with van der Waals surface area (Å²) in [5.41, 5.74) is 0.737. The van der Waals surface area contributed by atoms with Crippen LogP contribution in [-0.2, 0) is 11.3 Å². The number of carbonyl (C=O) groups excluding carboxylic acids is 2. The molecule has 6 nitrogen and oxygen atoms in total. The van der Waals surface area contributed by atoms with Gasteiger partial charge in [0, 0.05) is 25.2 Å². The van der Waals surface area contributed by atoms with Gasteiger partial charge in [-0.2, -0.15) is 0 Å². The smallest absolute Gasteiger partial charge is 0.404 e. The fourth-order valence-corrected chi connectivity index (χ4v) is 2.21. The van der Waals surface area contributed by atoms with Gasteiger partial charge in [0.15, 0.2) is 0 Å². The minimum absolute atomic E-state index is 0.0304. The summed E-state index contributed by atoms with van der Waals surface area (Å²) >= 11 is 5.75. The van der Waals surface area contributed by atoms with Crippen molar-refractivity contribution in [2.75, 3.05) is 5.32 Å². The number of pyridine rings is 1. The minimum atomic E-state index is -4.84. The van der Waals surface area contributed by atoms with Crippen LogP contribution in [-0.4, -0.2) is 23.2 Å². The third-order valence-electron chi connectivity index (χ3n) is 3.00. The van der Waals surface area contributed by atoms with Crippen molar-refractivity contribution in [3.63, 3.8) is 0 Å². The average molecular weight is 388 g/mol. The summed E-state index contributed by atoms with van der Waals surface area (Å²) in [6.45, 7) is 1.34. The van der Waals surface area contributed by atoms with Gasteiger partial charge in [0.1, 0.15) is 11.6 Å². The molecular weight excluding hydrogens is 375 g/mol. The summed E-state index contributed by atoms with van der Waals surface area (Å²) in [4.78, 5) is 27.0. The molecule has 0 aliphatic heterocycles. The molecule has 2 rings (SSSR count). The second-order valence-corrected chi connectivity index (χ2v) is 5.51. The van der Waals surface area contributed by atoms with Gasteiger partial charge in [-0.15, -0.1) is 13.2 Å². The van der Waals surface area contributed by atoms with E-state index in [4.69, 9.17) is 11.6 Å². The molecule has 1 aromatic heterocycles. The normalized spacial score (nSPS) is 11.0. The van der Waals surface area contributed by atoms with E-state index < -0.39 is 18.0 Å². The van der Waals surface area contributed by atoms with Gasteiger partial charge in [-0.25, -0.2) is 4.98 Å². The Hall–Kier alpha value is -2.81. The van der Waals surface area contributed by atoms with E-state index in [9.17, 15) is 22.8 Å². The first-order valence-electron chi connectivity index (χ1n) is 7.20. The third-order valence-corrected chi connectivity index (χ3v) is 3.30. The van der Waals surface area contributed by atoms with Gasteiger partial charge in [-0.05, 0) is 29.8 Å². The van der Waals surface area contributed by atoms with E-state index in [0.29, 0.717) is 5.56 Å². The van der Waals surface area contributed by atoms with Gasteiger partial charge in [0.2, 0.25) is 5.91 Å². The van der Waals surface area contributed by atoms with Crippen LogP contribution in [0.5, 0.6) is 5.75 Å². The predicted octanol–water partition coefficient (Wildman–Crippen LogP) is 3.52. The Labute approximate surface area is 151 Å². The van der Waals surface area contributed by atoms with Crippen molar-refractivity contribution in [2.24, 2.45) is 0 Å². The van der Waals surface area contributed by atoms with Crippen LogP contribution < -0.4 is 15.4 Å². The SMILES string of the molecule is CC(=O)Nc1cc(C(=O)NCc2ccc(OC(F)(F)F)c(Cl)c2)ccn1. The van der Waals surface area contributed by atoms with Crippen molar-refractivity contribution in [1.82, 2.24) is 10.3 Å². The zero-order valence-corrected chi connectivity index (χ0v) is 14.1. The lowest BCUT2D eigenvalue weighted by Gasteiger charge is -2.12. The van der Waals surface area contributed by atoms with Crippen LogP contribution in [0.3, 0.4) is 0 Å². The van der Waals surface area contributed by atoms with Gasteiger partial charge in [-0.1, -0.05) is 17.7 Å². The summed E-state index contributed by atoms with van der Waals surface area (Å²) < 4.78 is 40.4. The van der Waals surface area contributed by atoms with Crippen LogP contribution in [0.1, 0.15) is 22.8 Å². The average Bonchev–Trinajstić information content (AvgIpc) is 2.53. The lowest BCUT2D eigenvalue weighted by atomic mass is 10.2. The molecule has 0 saturated heterocycles. The highest BCUT2D eigenvalue weighted by Crippen LogP contribution is 2.30. The molecule has 0 radical (unpaired) electrons. The number of benzene rings is 1. The van der Waals surface area contributed by atoms with Crippen LogP contribution in [0.15, 0.2) is 36.5 Å². The maximum absolute atomic E-state index is 12.2. The summed E-state index contributed by atoms with van der Waals surface area (Å²) in [6, 6.07) is 6.53. The van der Waals surface area contributed by atoms with E-state index in [0.717, 1.165) is 6.07 Å². The molecule has 138 valence electrons. The lowest BCUT2D eigenvalue weighted by Crippen LogP contribution is -2.23. The molecule has 2 aromatic rings. The molecule has 10 heteroatoms. The Morgan fingerprint density at radius 2 is 1.96 bits per heavy atom. The fourth-order valence-electron chi connectivity index (χ4n) is 1.97. The molecule has 2 amide bonds. The molecule has 26 heavy (non-hydrogen) atoms. The highest BCUT2D eigenvalue weighted by atomic mass is 35.5. The standard InChI is InChI=1S/C16H13ClF3N3O3/c1-9(24)23-14-7-11(4-5-21-14)15(25)22-8-10-2-3-13(12(17)6-10)26-16(18,19)20/h2-7H,8H2,1H3,(H,22,25)(H,21,23,24). The second kappa shape index (κ2) is 8.05. The summed E-state index contributed by atoms with van der Waals surface area (Å²) in [5, 5.41) is 4.81. The van der Waals surface area contributed by atoms with Crippen molar-refractivity contribution < 1.29 is 27.5 Å². The van der Waals surface area contributed by atoms with E-state index >= 15 is 0 Å². The number of ether oxygens (including phenoxy) is 1. The fraction of sp³-hybridized carbons (Fsp3) is 0.188. The summed E-state index contributed by atoms with van der Waals surface area (Å²) in [6.07, 6.45) is -3.48. The quantitative estimate of drug-likeness (QED) is 0.822. The number of nitrogens with one attached hydrogen (secondary N) is 2. The number of halogens is 4. The molecule has 0 fully saturated rings. The predicted molar refractivity (Wildman–Crippen MR) is 87.8 cm³/mol. The first-order chi connectivity index (χ1) is 12.1. The summed E-state index contributed by atoms with van der Waals surface area (Å²) in [5.74, 6) is -1.08. The van der Waals surface area contributed by atoms with Crippen molar-refractivity contribution in [3.8, 4) is 5.75 Å². The molecule has 2 N–H and O–H groups in total. The maximum atomic E-state index is 12.2. The Bertz CT molecular complexity index is 828. The number of anilines is 1. The number of carbonyl (C=O) groups is 2. The Morgan fingerprint density at radius 3 is 2.58 bits per heavy atom. The topological polar surface area (TPSA) is 80.3 Å². The van der Waals surface area contributed by atoms with E-state index in [1.54, 1.807) is 0 Å². The molecular formula is C16H13ClF3N3O3. The third kappa shape index (κ3) is 5.92. The van der Waals surface area contributed by atoms with Crippen LogP contribution in [0, 0.1) is 0 Å². The zero-order valence-electron chi connectivity index (χ0n) is 13.4. The van der Waals surface area contributed by atoms with E-state index in [-0.39, 0.29) is 28.9 Å². The number of nitrogens with zero attached hydrogens (tertiary/aromatic N) is 1. The number of amides is 2. The molecule has 1 aromatic carbocycles. The number of alkyl halides is 3. The van der Waals surface area contributed by atoms with Gasteiger partial charge in [0.05, 0.1) is 5.02 Å². The first-order valence-corrected chi connectivity index (χ1v) is 7.58. The molecule has 0 saturated carbocycles. The van der Waals surface area contributed by atoms with Gasteiger partial charge < -0.3 is 15.4 Å². The lowest BCUT2D eigenvalue weighted by molar-refractivity contribution is -0.274. The molecule has 0 unspecified atom stereocenters. The van der Waals surface area contributed by atoms with Gasteiger partial charge >= 0.3 is 6.36 Å². The Morgan fingerprint density at radius 1 is 1.23 bits per heavy atom. The molecule has 0 atom stereocenters. The second-order valence-electron chi connectivity index (χ2n) is 5.11. The number of rotatable bonds is 5. The number of hydrogen-bond acceptors (Lipinski definition) is 4. The van der Waals surface area contributed by atoms with Crippen molar-refractivity contribution in [2.45, 2.75) is 19.8 Å². The van der Waals surface area contributed by atoms with Crippen molar-refractivity contribution in [3.05, 3.63) is 52.7 Å². The van der Waals surface area contributed by atoms with E-state index in [1.807, 2.05) is 0 Å². The van der Waals surface area contributed by atoms with Crippen molar-refractivity contribution in [1.29, 1.82) is 0 Å². The Balaban J connectivity index is 2.01. The van der Waals surface area contributed by atoms with Crippen LogP contribution in [0.4, 0.5) is 19.0 Å². The van der Waals surface area contributed by atoms with Gasteiger partial charge in [0.25, 0.3) is 5.91 Å². The monoisotopic (exact) mass is 387 g/mol. The molecule has 0 aliphatic carbocycles. The maximum Gasteiger partial charge on any atom is 0.573 e. The molecule has 0 bridgehead atoms. The highest BCUT2D eigenvalue weighted by Gasteiger charge is 2.32. The molecule has 1 heterocycles. The minimum Gasteiger partial charge on any atom is -0.404 e. The van der Waals surface area contributed by atoms with Gasteiger partial charge in [-0.3, -0.25) is 9.59 Å². The van der Waals surface area contributed by atoms with Crippen molar-refractivity contribution >= 4 is 29.2 Å². The highest BCUT2D eigenvalue weighted by molar-refractivity contribution is 6.32. The summed E-state index contributed by atoms with van der Waals surface area (Å²) in [7, 11) is 0. The van der Waals surface area contributed by atoms with E-state index in [1.165, 1.54) is 37.4 Å². The van der Waals surface area contributed by atoms with E-state index in [2.05, 4.69) is 20.4 Å². The largest absolute Gasteiger partial charge is 0.573 e. The Kier molecular flexibility index (Phi) is 6.04. The van der Waals surface area contributed by atoms with Crippen LogP contribution >= 0.6 is 11.6 Å². The molecule has 0 spiro atoms.